The lowest BCUT2D eigenvalue weighted by Crippen LogP contribution is -2.43. The summed E-state index contributed by atoms with van der Waals surface area (Å²) >= 11 is 0. The van der Waals surface area contributed by atoms with Crippen LogP contribution < -0.4 is 5.32 Å². The van der Waals surface area contributed by atoms with Crippen molar-refractivity contribution in [3.05, 3.63) is 34.9 Å². The Balaban J connectivity index is 2.09. The topological polar surface area (TPSA) is 49.3 Å². The number of amides is 1. The average molecular weight is 261 g/mol. The molecule has 2 rings (SSSR count). The Morgan fingerprint density at radius 3 is 2.79 bits per heavy atom. The summed E-state index contributed by atoms with van der Waals surface area (Å²) in [5.41, 5.74) is 2.85. The van der Waals surface area contributed by atoms with E-state index in [1.807, 2.05) is 32.0 Å². The largest absolute Gasteiger partial charge is 0.396 e. The molecule has 2 atom stereocenters. The van der Waals surface area contributed by atoms with Crippen molar-refractivity contribution in [1.82, 2.24) is 5.32 Å². The van der Waals surface area contributed by atoms with E-state index in [9.17, 15) is 9.90 Å². The van der Waals surface area contributed by atoms with Gasteiger partial charge in [-0.15, -0.1) is 0 Å². The van der Waals surface area contributed by atoms with Crippen molar-refractivity contribution >= 4 is 5.91 Å². The van der Waals surface area contributed by atoms with Crippen molar-refractivity contribution in [3.63, 3.8) is 0 Å². The number of hydrogen-bond acceptors (Lipinski definition) is 2. The van der Waals surface area contributed by atoms with E-state index in [-0.39, 0.29) is 24.5 Å². The highest BCUT2D eigenvalue weighted by Crippen LogP contribution is 2.24. The van der Waals surface area contributed by atoms with Crippen molar-refractivity contribution in [1.29, 1.82) is 0 Å². The lowest BCUT2D eigenvalue weighted by molar-refractivity contribution is 0.0872. The van der Waals surface area contributed by atoms with Gasteiger partial charge in [0.05, 0.1) is 0 Å². The third kappa shape index (κ3) is 3.35. The summed E-state index contributed by atoms with van der Waals surface area (Å²) in [5, 5.41) is 12.5. The number of aliphatic hydroxyl groups is 1. The summed E-state index contributed by atoms with van der Waals surface area (Å²) in [6.07, 6.45) is 4.27. The van der Waals surface area contributed by atoms with Gasteiger partial charge in [0.2, 0.25) is 0 Å². The predicted molar refractivity (Wildman–Crippen MR) is 76.2 cm³/mol. The number of hydrogen-bond donors (Lipinski definition) is 2. The summed E-state index contributed by atoms with van der Waals surface area (Å²) < 4.78 is 0. The lowest BCUT2D eigenvalue weighted by Gasteiger charge is -2.31. The van der Waals surface area contributed by atoms with Crippen LogP contribution in [-0.4, -0.2) is 23.7 Å². The zero-order valence-electron chi connectivity index (χ0n) is 11.8. The molecule has 3 heteroatoms. The van der Waals surface area contributed by atoms with Crippen LogP contribution in [0.1, 0.15) is 47.2 Å². The van der Waals surface area contributed by atoms with Crippen LogP contribution >= 0.6 is 0 Å². The second-order valence-corrected chi connectivity index (χ2v) is 5.63. The average Bonchev–Trinajstić information content (AvgIpc) is 2.42. The molecule has 1 fully saturated rings. The van der Waals surface area contributed by atoms with E-state index < -0.39 is 0 Å². The maximum atomic E-state index is 12.4. The molecule has 3 nitrogen and oxygen atoms in total. The second kappa shape index (κ2) is 6.20. The maximum absolute atomic E-state index is 12.4. The number of benzene rings is 1. The molecule has 1 aromatic carbocycles. The quantitative estimate of drug-likeness (QED) is 0.878. The van der Waals surface area contributed by atoms with Gasteiger partial charge in [-0.1, -0.05) is 30.5 Å². The SMILES string of the molecule is Cc1ccc(C)c(C(=O)NC2CCCCC2CO)c1. The molecule has 0 saturated heterocycles. The van der Waals surface area contributed by atoms with Crippen LogP contribution in [0.3, 0.4) is 0 Å². The molecule has 1 saturated carbocycles. The van der Waals surface area contributed by atoms with Crippen LogP contribution in [0.4, 0.5) is 0 Å². The van der Waals surface area contributed by atoms with E-state index in [4.69, 9.17) is 0 Å². The number of carbonyl (C=O) groups is 1. The molecule has 1 aliphatic carbocycles. The smallest absolute Gasteiger partial charge is 0.251 e. The second-order valence-electron chi connectivity index (χ2n) is 5.63. The Bertz CT molecular complexity index is 456. The molecule has 1 aromatic rings. The molecule has 0 aliphatic heterocycles. The number of nitrogens with one attached hydrogen (secondary N) is 1. The Morgan fingerprint density at radius 1 is 1.32 bits per heavy atom. The fraction of sp³-hybridized carbons (Fsp3) is 0.562. The number of aryl methyl sites for hydroxylation is 2. The van der Waals surface area contributed by atoms with Gasteiger partial charge in [0, 0.05) is 24.1 Å². The molecule has 0 aromatic heterocycles. The zero-order valence-corrected chi connectivity index (χ0v) is 11.8. The van der Waals surface area contributed by atoms with Crippen molar-refractivity contribution < 1.29 is 9.90 Å². The van der Waals surface area contributed by atoms with E-state index in [0.29, 0.717) is 0 Å². The molecular formula is C16H23NO2. The minimum Gasteiger partial charge on any atom is -0.396 e. The zero-order chi connectivity index (χ0) is 13.8. The minimum atomic E-state index is -0.00782. The summed E-state index contributed by atoms with van der Waals surface area (Å²) in [6.45, 7) is 4.11. The standard InChI is InChI=1S/C16H23NO2/c1-11-7-8-12(2)14(9-11)16(19)17-15-6-4-3-5-13(15)10-18/h7-9,13,15,18H,3-6,10H2,1-2H3,(H,17,19). The molecule has 19 heavy (non-hydrogen) atoms. The minimum absolute atomic E-state index is 0.00782. The van der Waals surface area contributed by atoms with E-state index in [2.05, 4.69) is 5.32 Å². The van der Waals surface area contributed by atoms with Crippen LogP contribution in [-0.2, 0) is 0 Å². The first-order valence-corrected chi connectivity index (χ1v) is 7.11. The number of carbonyl (C=O) groups excluding carboxylic acids is 1. The Morgan fingerprint density at radius 2 is 2.05 bits per heavy atom. The van der Waals surface area contributed by atoms with E-state index >= 15 is 0 Å². The maximum Gasteiger partial charge on any atom is 0.251 e. The predicted octanol–water partition coefficient (Wildman–Crippen LogP) is 2.58. The van der Waals surface area contributed by atoms with Gasteiger partial charge in [0.1, 0.15) is 0 Å². The fourth-order valence-corrected chi connectivity index (χ4v) is 2.84. The van der Waals surface area contributed by atoms with E-state index in [0.717, 1.165) is 42.4 Å². The van der Waals surface area contributed by atoms with Gasteiger partial charge in [-0.3, -0.25) is 4.79 Å². The Hall–Kier alpha value is -1.35. The molecule has 0 radical (unpaired) electrons. The van der Waals surface area contributed by atoms with Crippen LogP contribution in [0.5, 0.6) is 0 Å². The monoisotopic (exact) mass is 261 g/mol. The van der Waals surface area contributed by atoms with Gasteiger partial charge in [0.25, 0.3) is 5.91 Å². The highest BCUT2D eigenvalue weighted by molar-refractivity contribution is 5.96. The molecule has 2 unspecified atom stereocenters. The third-order valence-corrected chi connectivity index (χ3v) is 4.10. The van der Waals surface area contributed by atoms with Crippen LogP contribution in [0.25, 0.3) is 0 Å². The molecular weight excluding hydrogens is 238 g/mol. The number of aliphatic hydroxyl groups excluding tert-OH is 1. The van der Waals surface area contributed by atoms with E-state index in [1.165, 1.54) is 0 Å². The highest BCUT2D eigenvalue weighted by Gasteiger charge is 2.26. The fourth-order valence-electron chi connectivity index (χ4n) is 2.84. The van der Waals surface area contributed by atoms with Gasteiger partial charge in [-0.05, 0) is 38.3 Å². The summed E-state index contributed by atoms with van der Waals surface area (Å²) in [5.74, 6) is 0.203. The molecule has 2 N–H and O–H groups in total. The van der Waals surface area contributed by atoms with Crippen molar-refractivity contribution in [3.8, 4) is 0 Å². The van der Waals surface area contributed by atoms with Crippen LogP contribution in [0.15, 0.2) is 18.2 Å². The van der Waals surface area contributed by atoms with Crippen LogP contribution in [0, 0.1) is 19.8 Å². The van der Waals surface area contributed by atoms with Gasteiger partial charge in [-0.25, -0.2) is 0 Å². The van der Waals surface area contributed by atoms with Gasteiger partial charge in [-0.2, -0.15) is 0 Å². The van der Waals surface area contributed by atoms with Crippen molar-refractivity contribution in [2.45, 2.75) is 45.6 Å². The molecule has 1 amide bonds. The highest BCUT2D eigenvalue weighted by atomic mass is 16.3. The first-order chi connectivity index (χ1) is 9.11. The van der Waals surface area contributed by atoms with Gasteiger partial charge < -0.3 is 10.4 Å². The van der Waals surface area contributed by atoms with Gasteiger partial charge >= 0.3 is 0 Å². The molecule has 0 bridgehead atoms. The van der Waals surface area contributed by atoms with Crippen LogP contribution in [0.2, 0.25) is 0 Å². The van der Waals surface area contributed by atoms with Crippen molar-refractivity contribution in [2.24, 2.45) is 5.92 Å². The van der Waals surface area contributed by atoms with Crippen molar-refractivity contribution in [2.75, 3.05) is 6.61 Å². The number of rotatable bonds is 3. The molecule has 1 aliphatic rings. The lowest BCUT2D eigenvalue weighted by atomic mass is 9.85. The third-order valence-electron chi connectivity index (χ3n) is 4.10. The first kappa shape index (κ1) is 14.1. The normalized spacial score (nSPS) is 23.1. The van der Waals surface area contributed by atoms with E-state index in [1.54, 1.807) is 0 Å². The Kier molecular flexibility index (Phi) is 4.59. The molecule has 104 valence electrons. The molecule has 0 spiro atoms. The summed E-state index contributed by atoms with van der Waals surface area (Å²) in [4.78, 5) is 12.4. The van der Waals surface area contributed by atoms with Gasteiger partial charge in [0.15, 0.2) is 0 Å². The summed E-state index contributed by atoms with van der Waals surface area (Å²) in [6, 6.07) is 6.05. The first-order valence-electron chi connectivity index (χ1n) is 7.11. The molecule has 0 heterocycles. The summed E-state index contributed by atoms with van der Waals surface area (Å²) in [7, 11) is 0. The Labute approximate surface area is 115 Å².